The van der Waals surface area contributed by atoms with Crippen molar-refractivity contribution in [3.05, 3.63) is 23.3 Å². The summed E-state index contributed by atoms with van der Waals surface area (Å²) in [5.74, 6) is 0.366. The van der Waals surface area contributed by atoms with E-state index in [2.05, 4.69) is 13.5 Å². The molecule has 1 aliphatic rings. The van der Waals surface area contributed by atoms with E-state index in [1.165, 1.54) is 11.1 Å². The Morgan fingerprint density at radius 1 is 1.46 bits per heavy atom. The van der Waals surface area contributed by atoms with Crippen molar-refractivity contribution in [2.45, 2.75) is 46.0 Å². The number of Topliss-reactive ketones (excluding diaryl/α,β-unsaturated/α-hetero) is 1. The van der Waals surface area contributed by atoms with Crippen molar-refractivity contribution < 1.29 is 4.79 Å². The fourth-order valence-electron chi connectivity index (χ4n) is 1.75. The molecule has 0 bridgehead atoms. The summed E-state index contributed by atoms with van der Waals surface area (Å²) in [6.45, 7) is 7.96. The van der Waals surface area contributed by atoms with Gasteiger partial charge in [0.15, 0.2) is 5.78 Å². The Labute approximate surface area is 80.5 Å². The Balaban J connectivity index is 2.63. The van der Waals surface area contributed by atoms with E-state index in [1.807, 2.05) is 6.92 Å². The maximum absolute atomic E-state index is 11.5. The van der Waals surface area contributed by atoms with Crippen molar-refractivity contribution in [3.63, 3.8) is 0 Å². The van der Waals surface area contributed by atoms with Crippen LogP contribution in [0.4, 0.5) is 0 Å². The van der Waals surface area contributed by atoms with Crippen molar-refractivity contribution in [2.24, 2.45) is 0 Å². The van der Waals surface area contributed by atoms with E-state index in [4.69, 9.17) is 0 Å². The zero-order valence-electron chi connectivity index (χ0n) is 8.65. The van der Waals surface area contributed by atoms with Crippen LogP contribution in [0, 0.1) is 0 Å². The molecular formula is C12H18O. The minimum absolute atomic E-state index is 0.366. The summed E-state index contributed by atoms with van der Waals surface area (Å²) in [6.07, 6.45) is 4.76. The van der Waals surface area contributed by atoms with Gasteiger partial charge in [0.2, 0.25) is 0 Å². The molecule has 0 aromatic rings. The molecule has 1 nitrogen and oxygen atoms in total. The summed E-state index contributed by atoms with van der Waals surface area (Å²) >= 11 is 0. The molecule has 0 aromatic heterocycles. The lowest BCUT2D eigenvalue weighted by molar-refractivity contribution is -0.116. The maximum atomic E-state index is 11.5. The van der Waals surface area contributed by atoms with Gasteiger partial charge in [-0.1, -0.05) is 11.1 Å². The molecule has 0 spiro atoms. The number of carbonyl (C=O) groups is 1. The first-order valence-corrected chi connectivity index (χ1v) is 4.97. The monoisotopic (exact) mass is 178 g/mol. The number of ketones is 1. The third-order valence-electron chi connectivity index (χ3n) is 2.61. The van der Waals surface area contributed by atoms with Crippen LogP contribution in [-0.2, 0) is 4.79 Å². The molecule has 1 heteroatoms. The van der Waals surface area contributed by atoms with Crippen molar-refractivity contribution in [1.29, 1.82) is 0 Å². The van der Waals surface area contributed by atoms with Gasteiger partial charge in [0.05, 0.1) is 0 Å². The Morgan fingerprint density at radius 2 is 2.15 bits per heavy atom. The first kappa shape index (κ1) is 10.2. The van der Waals surface area contributed by atoms with E-state index in [-0.39, 0.29) is 0 Å². The highest BCUT2D eigenvalue weighted by Crippen LogP contribution is 2.25. The molecule has 0 aliphatic heterocycles. The summed E-state index contributed by atoms with van der Waals surface area (Å²) in [7, 11) is 0. The molecule has 0 heterocycles. The zero-order valence-corrected chi connectivity index (χ0v) is 8.65. The fraction of sp³-hybridized carbons (Fsp3) is 0.583. The molecule has 1 aliphatic carbocycles. The first-order chi connectivity index (χ1) is 6.11. The van der Waals surface area contributed by atoms with Gasteiger partial charge in [0, 0.05) is 6.42 Å². The average molecular weight is 178 g/mol. The van der Waals surface area contributed by atoms with Crippen molar-refractivity contribution in [1.82, 2.24) is 0 Å². The summed E-state index contributed by atoms with van der Waals surface area (Å²) in [5, 5.41) is 0. The van der Waals surface area contributed by atoms with E-state index < -0.39 is 0 Å². The van der Waals surface area contributed by atoms with Gasteiger partial charge < -0.3 is 0 Å². The number of allylic oxidation sites excluding steroid dienone is 3. The quantitative estimate of drug-likeness (QED) is 0.605. The smallest absolute Gasteiger partial charge is 0.158 e. The molecule has 0 N–H and O–H groups in total. The molecule has 1 rings (SSSR count). The maximum Gasteiger partial charge on any atom is 0.158 e. The molecule has 0 amide bonds. The predicted octanol–water partition coefficient (Wildman–Crippen LogP) is 3.41. The lowest BCUT2D eigenvalue weighted by Gasteiger charge is -2.16. The Bertz CT molecular complexity index is 258. The molecule has 13 heavy (non-hydrogen) atoms. The lowest BCUT2D eigenvalue weighted by Crippen LogP contribution is -2.10. The summed E-state index contributed by atoms with van der Waals surface area (Å²) in [6, 6.07) is 0. The SMILES string of the molecule is C=C(C)CCC1=C(C)CCCC1=O. The summed E-state index contributed by atoms with van der Waals surface area (Å²) in [4.78, 5) is 11.5. The normalized spacial score (nSPS) is 17.8. The van der Waals surface area contributed by atoms with Crippen LogP contribution in [0.15, 0.2) is 23.3 Å². The minimum Gasteiger partial charge on any atom is -0.295 e. The van der Waals surface area contributed by atoms with Crippen LogP contribution in [0.1, 0.15) is 46.0 Å². The van der Waals surface area contributed by atoms with Crippen molar-refractivity contribution in [3.8, 4) is 0 Å². The molecule has 0 saturated carbocycles. The summed E-state index contributed by atoms with van der Waals surface area (Å²) < 4.78 is 0. The van der Waals surface area contributed by atoms with Crippen LogP contribution in [0.25, 0.3) is 0 Å². The van der Waals surface area contributed by atoms with Crippen molar-refractivity contribution >= 4 is 5.78 Å². The molecule has 0 atom stereocenters. The minimum atomic E-state index is 0.366. The van der Waals surface area contributed by atoms with Gasteiger partial charge in [-0.15, -0.1) is 6.58 Å². The van der Waals surface area contributed by atoms with Gasteiger partial charge in [-0.2, -0.15) is 0 Å². The molecule has 0 fully saturated rings. The molecule has 0 radical (unpaired) electrons. The van der Waals surface area contributed by atoms with E-state index in [0.29, 0.717) is 5.78 Å². The van der Waals surface area contributed by atoms with E-state index >= 15 is 0 Å². The van der Waals surface area contributed by atoms with E-state index in [0.717, 1.165) is 37.7 Å². The topological polar surface area (TPSA) is 17.1 Å². The highest BCUT2D eigenvalue weighted by Gasteiger charge is 2.16. The second-order valence-electron chi connectivity index (χ2n) is 3.99. The van der Waals surface area contributed by atoms with Gasteiger partial charge in [-0.25, -0.2) is 0 Å². The van der Waals surface area contributed by atoms with Gasteiger partial charge in [0.1, 0.15) is 0 Å². The summed E-state index contributed by atoms with van der Waals surface area (Å²) in [5.41, 5.74) is 3.55. The van der Waals surface area contributed by atoms with Crippen LogP contribution in [0.2, 0.25) is 0 Å². The number of hydrogen-bond donors (Lipinski definition) is 0. The van der Waals surface area contributed by atoms with Gasteiger partial charge in [0.25, 0.3) is 0 Å². The third-order valence-corrected chi connectivity index (χ3v) is 2.61. The van der Waals surface area contributed by atoms with Crippen molar-refractivity contribution in [2.75, 3.05) is 0 Å². The average Bonchev–Trinajstić information content (AvgIpc) is 2.03. The van der Waals surface area contributed by atoms with Gasteiger partial charge in [-0.05, 0) is 45.1 Å². The highest BCUT2D eigenvalue weighted by atomic mass is 16.1. The Morgan fingerprint density at radius 3 is 2.69 bits per heavy atom. The molecule has 0 saturated heterocycles. The molecule has 0 unspecified atom stereocenters. The van der Waals surface area contributed by atoms with Crippen LogP contribution in [0.5, 0.6) is 0 Å². The molecule has 72 valence electrons. The van der Waals surface area contributed by atoms with Gasteiger partial charge in [-0.3, -0.25) is 4.79 Å². The Hall–Kier alpha value is -0.850. The molecular weight excluding hydrogens is 160 g/mol. The zero-order chi connectivity index (χ0) is 9.84. The highest BCUT2D eigenvalue weighted by molar-refractivity contribution is 5.96. The second kappa shape index (κ2) is 4.40. The number of rotatable bonds is 3. The van der Waals surface area contributed by atoms with E-state index in [1.54, 1.807) is 0 Å². The Kier molecular flexibility index (Phi) is 3.47. The first-order valence-electron chi connectivity index (χ1n) is 4.97. The van der Waals surface area contributed by atoms with Crippen LogP contribution in [0.3, 0.4) is 0 Å². The lowest BCUT2D eigenvalue weighted by atomic mass is 9.88. The van der Waals surface area contributed by atoms with E-state index in [9.17, 15) is 4.79 Å². The predicted molar refractivity (Wildman–Crippen MR) is 55.6 cm³/mol. The third kappa shape index (κ3) is 2.83. The van der Waals surface area contributed by atoms with Crippen LogP contribution < -0.4 is 0 Å². The fourth-order valence-corrected chi connectivity index (χ4v) is 1.75. The second-order valence-corrected chi connectivity index (χ2v) is 3.99. The molecule has 0 aromatic carbocycles. The largest absolute Gasteiger partial charge is 0.295 e. The standard InChI is InChI=1S/C12H18O/c1-9(2)7-8-11-10(3)5-4-6-12(11)13/h1,4-8H2,2-3H3. The number of hydrogen-bond acceptors (Lipinski definition) is 1. The van der Waals surface area contributed by atoms with Crippen LogP contribution in [-0.4, -0.2) is 5.78 Å². The van der Waals surface area contributed by atoms with Crippen LogP contribution >= 0.6 is 0 Å². The van der Waals surface area contributed by atoms with Gasteiger partial charge >= 0.3 is 0 Å². The number of carbonyl (C=O) groups excluding carboxylic acids is 1.